The molecule has 1 aliphatic heterocycles. The van der Waals surface area contributed by atoms with Gasteiger partial charge in [0.25, 0.3) is 5.91 Å². The number of hydrogen-bond acceptors (Lipinski definition) is 3. The van der Waals surface area contributed by atoms with Crippen LogP contribution in [-0.2, 0) is 0 Å². The van der Waals surface area contributed by atoms with Gasteiger partial charge in [-0.1, -0.05) is 60.7 Å². The maximum Gasteiger partial charge on any atom is 0.264 e. The molecule has 0 spiro atoms. The van der Waals surface area contributed by atoms with Crippen molar-refractivity contribution in [3.8, 4) is 22.5 Å². The van der Waals surface area contributed by atoms with Gasteiger partial charge < -0.3 is 0 Å². The number of ketones is 1. The van der Waals surface area contributed by atoms with Crippen LogP contribution in [0.1, 0.15) is 26.3 Å². The topological polar surface area (TPSA) is 52.0 Å². The first-order valence-corrected chi connectivity index (χ1v) is 9.50. The number of nitrogens with zero attached hydrogens (tertiary/aromatic N) is 2. The van der Waals surface area contributed by atoms with Crippen LogP contribution in [0.4, 0.5) is 0 Å². The lowest BCUT2D eigenvalue weighted by Gasteiger charge is -2.20. The van der Waals surface area contributed by atoms with Crippen LogP contribution in [0.5, 0.6) is 0 Å². The van der Waals surface area contributed by atoms with E-state index >= 15 is 0 Å². The summed E-state index contributed by atoms with van der Waals surface area (Å²) >= 11 is 0. The lowest BCUT2D eigenvalue weighted by molar-refractivity contribution is 0.0972. The molecule has 4 heteroatoms. The van der Waals surface area contributed by atoms with Crippen molar-refractivity contribution in [1.29, 1.82) is 0 Å². The third-order valence-electron chi connectivity index (χ3n) is 6.08. The molecule has 7 rings (SSSR count). The molecule has 4 aromatic carbocycles. The molecule has 0 fully saturated rings. The molecule has 0 saturated heterocycles. The Bertz CT molecular complexity index is 1590. The monoisotopic (exact) mass is 372 g/mol. The third-order valence-corrected chi connectivity index (χ3v) is 6.08. The summed E-state index contributed by atoms with van der Waals surface area (Å²) in [5.74, 6) is 0.624. The van der Waals surface area contributed by atoms with Crippen molar-refractivity contribution in [3.05, 3.63) is 89.5 Å². The second kappa shape index (κ2) is 4.86. The van der Waals surface area contributed by atoms with Gasteiger partial charge in [-0.3, -0.25) is 14.2 Å². The molecule has 4 nitrogen and oxygen atoms in total. The van der Waals surface area contributed by atoms with Crippen LogP contribution in [0.25, 0.3) is 44.3 Å². The first-order valence-electron chi connectivity index (χ1n) is 9.50. The fourth-order valence-corrected chi connectivity index (χ4v) is 4.87. The molecule has 134 valence electrons. The Hall–Kier alpha value is -4.05. The van der Waals surface area contributed by atoms with Gasteiger partial charge in [-0.2, -0.15) is 0 Å². The number of rotatable bonds is 0. The van der Waals surface area contributed by atoms with E-state index in [1.807, 2.05) is 72.8 Å². The molecule has 1 aliphatic carbocycles. The molecule has 0 atom stereocenters. The largest absolute Gasteiger partial charge is 0.289 e. The minimum atomic E-state index is -0.0682. The quantitative estimate of drug-likeness (QED) is 0.373. The highest BCUT2D eigenvalue weighted by molar-refractivity contribution is 6.30. The Morgan fingerprint density at radius 2 is 1.34 bits per heavy atom. The van der Waals surface area contributed by atoms with E-state index in [1.54, 1.807) is 4.57 Å². The summed E-state index contributed by atoms with van der Waals surface area (Å²) in [6.07, 6.45) is 0. The lowest BCUT2D eigenvalue weighted by Crippen LogP contribution is -2.11. The zero-order valence-electron chi connectivity index (χ0n) is 15.1. The number of fused-ring (bicyclic) bond motifs is 8. The van der Waals surface area contributed by atoms with Crippen LogP contribution in [-0.4, -0.2) is 21.2 Å². The molecule has 0 bridgehead atoms. The van der Waals surface area contributed by atoms with Crippen molar-refractivity contribution in [1.82, 2.24) is 9.55 Å². The molecule has 0 N–H and O–H groups in total. The maximum atomic E-state index is 13.2. The van der Waals surface area contributed by atoms with E-state index in [1.165, 1.54) is 0 Å². The average molecular weight is 372 g/mol. The summed E-state index contributed by atoms with van der Waals surface area (Å²) in [5, 5.41) is 1.79. The highest BCUT2D eigenvalue weighted by atomic mass is 16.2. The number of carbonyl (C=O) groups is 2. The molecule has 5 aromatic rings. The first-order chi connectivity index (χ1) is 14.2. The summed E-state index contributed by atoms with van der Waals surface area (Å²) in [7, 11) is 0. The highest BCUT2D eigenvalue weighted by Gasteiger charge is 2.33. The predicted octanol–water partition coefficient (Wildman–Crippen LogP) is 5.07. The maximum absolute atomic E-state index is 13.2. The van der Waals surface area contributed by atoms with Gasteiger partial charge in [0.05, 0.1) is 16.6 Å². The van der Waals surface area contributed by atoms with Crippen molar-refractivity contribution < 1.29 is 9.59 Å². The molecule has 0 amide bonds. The number of aromatic nitrogens is 2. The van der Waals surface area contributed by atoms with Crippen molar-refractivity contribution in [2.24, 2.45) is 0 Å². The first kappa shape index (κ1) is 14.9. The van der Waals surface area contributed by atoms with Gasteiger partial charge in [0.2, 0.25) is 0 Å². The van der Waals surface area contributed by atoms with Gasteiger partial charge in [-0.05, 0) is 23.3 Å². The summed E-state index contributed by atoms with van der Waals surface area (Å²) in [6.45, 7) is 0. The zero-order valence-corrected chi connectivity index (χ0v) is 15.1. The Balaban J connectivity index is 1.71. The van der Waals surface area contributed by atoms with Crippen molar-refractivity contribution in [2.45, 2.75) is 0 Å². The molecule has 2 heterocycles. The van der Waals surface area contributed by atoms with Crippen LogP contribution in [0.2, 0.25) is 0 Å². The van der Waals surface area contributed by atoms with Crippen LogP contribution in [0.15, 0.2) is 72.8 Å². The van der Waals surface area contributed by atoms with Gasteiger partial charge in [0.15, 0.2) is 5.78 Å². The molecule has 0 radical (unpaired) electrons. The lowest BCUT2D eigenvalue weighted by atomic mass is 9.82. The second-order valence-electron chi connectivity index (χ2n) is 7.52. The van der Waals surface area contributed by atoms with Gasteiger partial charge >= 0.3 is 0 Å². The molecule has 2 aliphatic rings. The summed E-state index contributed by atoms with van der Waals surface area (Å²) in [6, 6.07) is 23.0. The molecule has 0 unspecified atom stereocenters. The van der Waals surface area contributed by atoms with Crippen molar-refractivity contribution >= 4 is 33.5 Å². The second-order valence-corrected chi connectivity index (χ2v) is 7.52. The summed E-state index contributed by atoms with van der Waals surface area (Å²) < 4.78 is 1.70. The van der Waals surface area contributed by atoms with Crippen molar-refractivity contribution in [2.75, 3.05) is 0 Å². The Morgan fingerprint density at radius 1 is 0.655 bits per heavy atom. The summed E-state index contributed by atoms with van der Waals surface area (Å²) in [4.78, 5) is 31.2. The van der Waals surface area contributed by atoms with Crippen LogP contribution < -0.4 is 0 Å². The standard InChI is InChI=1S/C25H12N2O2/c28-23-14-7-2-1-6-13(14)19-12-20-22(17-10-5-11-18(23)21(17)19)27-24(26-20)15-8-3-4-9-16(15)25(27)29/h1-12H. The smallest absolute Gasteiger partial charge is 0.264 e. The number of benzene rings is 4. The highest BCUT2D eigenvalue weighted by Crippen LogP contribution is 2.44. The molecular weight excluding hydrogens is 360 g/mol. The number of hydrogen-bond donors (Lipinski definition) is 0. The zero-order chi connectivity index (χ0) is 19.3. The minimum Gasteiger partial charge on any atom is -0.289 e. The van der Waals surface area contributed by atoms with Gasteiger partial charge in [-0.15, -0.1) is 0 Å². The van der Waals surface area contributed by atoms with E-state index in [0.29, 0.717) is 22.5 Å². The van der Waals surface area contributed by atoms with Gasteiger partial charge in [0, 0.05) is 27.5 Å². The normalized spacial score (nSPS) is 13.7. The van der Waals surface area contributed by atoms with Gasteiger partial charge in [-0.25, -0.2) is 4.98 Å². The average Bonchev–Trinajstić information content (AvgIpc) is 3.27. The van der Waals surface area contributed by atoms with Crippen LogP contribution in [0, 0.1) is 0 Å². The molecule has 0 saturated carbocycles. The fraction of sp³-hybridized carbons (Fsp3) is 0. The van der Waals surface area contributed by atoms with E-state index in [0.717, 1.165) is 38.5 Å². The Labute approximate surface area is 165 Å². The molecule has 29 heavy (non-hydrogen) atoms. The van der Waals surface area contributed by atoms with E-state index in [2.05, 4.69) is 0 Å². The Kier molecular flexibility index (Phi) is 2.50. The van der Waals surface area contributed by atoms with Crippen LogP contribution >= 0.6 is 0 Å². The van der Waals surface area contributed by atoms with E-state index in [4.69, 9.17) is 4.98 Å². The van der Waals surface area contributed by atoms with E-state index in [9.17, 15) is 9.59 Å². The minimum absolute atomic E-state index is 0.0221. The third kappa shape index (κ3) is 1.64. The fourth-order valence-electron chi connectivity index (χ4n) is 4.87. The SMILES string of the molecule is O=C1c2ccccc2-c2cc3nc4n(c3c3cccc1c23)C(=O)c1ccccc1-4. The van der Waals surface area contributed by atoms with Crippen molar-refractivity contribution in [3.63, 3.8) is 0 Å². The van der Waals surface area contributed by atoms with E-state index < -0.39 is 0 Å². The molecule has 1 aromatic heterocycles. The number of carbonyl (C=O) groups excluding carboxylic acids is 2. The summed E-state index contributed by atoms with van der Waals surface area (Å²) in [5.41, 5.74) is 6.36. The van der Waals surface area contributed by atoms with E-state index in [-0.39, 0.29) is 11.7 Å². The molecular formula is C25H12N2O2. The number of imidazole rings is 1. The Morgan fingerprint density at radius 3 is 2.17 bits per heavy atom. The van der Waals surface area contributed by atoms with Gasteiger partial charge in [0.1, 0.15) is 5.82 Å². The predicted molar refractivity (Wildman–Crippen MR) is 111 cm³/mol. The van der Waals surface area contributed by atoms with Crippen LogP contribution in [0.3, 0.4) is 0 Å².